The van der Waals surface area contributed by atoms with Gasteiger partial charge in [0.05, 0.1) is 0 Å². The van der Waals surface area contributed by atoms with E-state index < -0.39 is 18.3 Å². The fraction of sp³-hybridized carbons (Fsp3) is 0.600. The molecule has 0 aromatic carbocycles. The summed E-state index contributed by atoms with van der Waals surface area (Å²) in [5.74, 6) is 0. The monoisotopic (exact) mass is 252 g/mol. The number of nitrogens with two attached hydrogens (primary N) is 1. The maximum absolute atomic E-state index is 12.7. The highest BCUT2D eigenvalue weighted by molar-refractivity contribution is 7.09. The predicted molar refractivity (Wildman–Crippen MR) is 59.3 cm³/mol. The summed E-state index contributed by atoms with van der Waals surface area (Å²) >= 11 is 1.44. The van der Waals surface area contributed by atoms with Crippen LogP contribution >= 0.6 is 11.3 Å². The Hall–Kier alpha value is -0.590. The van der Waals surface area contributed by atoms with Gasteiger partial charge in [-0.2, -0.15) is 13.2 Å². The van der Waals surface area contributed by atoms with Gasteiger partial charge in [-0.15, -0.1) is 11.3 Å². The van der Waals surface area contributed by atoms with Gasteiger partial charge in [-0.1, -0.05) is 6.07 Å². The molecular weight excluding hydrogens is 237 g/mol. The molecule has 0 saturated carbocycles. The van der Waals surface area contributed by atoms with Crippen LogP contribution in [-0.4, -0.2) is 30.2 Å². The van der Waals surface area contributed by atoms with Gasteiger partial charge in [0.15, 0.2) is 0 Å². The van der Waals surface area contributed by atoms with E-state index in [1.54, 1.807) is 0 Å². The number of thiophene rings is 1. The molecule has 0 fully saturated rings. The summed E-state index contributed by atoms with van der Waals surface area (Å²) in [6.45, 7) is 1.65. The Balaban J connectivity index is 2.72. The van der Waals surface area contributed by atoms with Crippen LogP contribution in [0.25, 0.3) is 0 Å². The van der Waals surface area contributed by atoms with Gasteiger partial charge >= 0.3 is 6.18 Å². The zero-order valence-electron chi connectivity index (χ0n) is 9.16. The lowest BCUT2D eigenvalue weighted by Gasteiger charge is -2.32. The van der Waals surface area contributed by atoms with Crippen molar-refractivity contribution >= 4 is 11.3 Å². The Bertz CT molecular complexity index is 308. The molecule has 2 unspecified atom stereocenters. The second-order valence-corrected chi connectivity index (χ2v) is 4.87. The summed E-state index contributed by atoms with van der Waals surface area (Å²) in [6.07, 6.45) is -4.29. The van der Waals surface area contributed by atoms with Crippen LogP contribution in [0.1, 0.15) is 11.8 Å². The first-order chi connectivity index (χ1) is 7.32. The molecule has 2 atom stereocenters. The van der Waals surface area contributed by atoms with Gasteiger partial charge < -0.3 is 5.73 Å². The molecule has 6 heteroatoms. The van der Waals surface area contributed by atoms with Crippen molar-refractivity contribution in [1.82, 2.24) is 4.90 Å². The number of nitrogens with zero attached hydrogens (tertiary/aromatic N) is 1. The van der Waals surface area contributed by atoms with Gasteiger partial charge in [0, 0.05) is 17.5 Å². The second kappa shape index (κ2) is 5.16. The standard InChI is InChI=1S/C10H15F3N2S/c1-7(14)9(10(11,12)13)15(2)6-8-4-3-5-16-8/h3-5,7,9H,6,14H2,1-2H3. The fourth-order valence-electron chi connectivity index (χ4n) is 1.70. The van der Waals surface area contributed by atoms with Crippen molar-refractivity contribution in [3.8, 4) is 0 Å². The van der Waals surface area contributed by atoms with Crippen molar-refractivity contribution < 1.29 is 13.2 Å². The number of halogens is 3. The van der Waals surface area contributed by atoms with Crippen molar-refractivity contribution in [3.05, 3.63) is 22.4 Å². The Morgan fingerprint density at radius 3 is 2.50 bits per heavy atom. The number of alkyl halides is 3. The molecule has 92 valence electrons. The number of hydrogen-bond acceptors (Lipinski definition) is 3. The van der Waals surface area contributed by atoms with Crippen LogP contribution in [0.15, 0.2) is 17.5 Å². The van der Waals surface area contributed by atoms with E-state index in [0.717, 1.165) is 4.88 Å². The van der Waals surface area contributed by atoms with E-state index >= 15 is 0 Å². The van der Waals surface area contributed by atoms with Crippen LogP contribution in [-0.2, 0) is 6.54 Å². The molecule has 16 heavy (non-hydrogen) atoms. The molecule has 0 amide bonds. The minimum absolute atomic E-state index is 0.267. The molecule has 2 nitrogen and oxygen atoms in total. The molecule has 1 aromatic rings. The first-order valence-electron chi connectivity index (χ1n) is 4.87. The van der Waals surface area contributed by atoms with Crippen LogP contribution in [0.5, 0.6) is 0 Å². The van der Waals surface area contributed by atoms with Gasteiger partial charge in [0.1, 0.15) is 6.04 Å². The van der Waals surface area contributed by atoms with Gasteiger partial charge in [0.25, 0.3) is 0 Å². The van der Waals surface area contributed by atoms with Crippen LogP contribution < -0.4 is 5.73 Å². The van der Waals surface area contributed by atoms with E-state index in [-0.39, 0.29) is 6.54 Å². The molecule has 1 rings (SSSR count). The van der Waals surface area contributed by atoms with Crippen LogP contribution in [0.4, 0.5) is 13.2 Å². The average Bonchev–Trinajstić information content (AvgIpc) is 2.52. The lowest BCUT2D eigenvalue weighted by Crippen LogP contribution is -2.53. The van der Waals surface area contributed by atoms with Gasteiger partial charge in [0.2, 0.25) is 0 Å². The zero-order valence-corrected chi connectivity index (χ0v) is 9.98. The summed E-state index contributed by atoms with van der Waals surface area (Å²) in [5.41, 5.74) is 5.39. The van der Waals surface area contributed by atoms with E-state index in [1.165, 1.54) is 30.2 Å². The SMILES string of the molecule is CC(N)C(N(C)Cc1cccs1)C(F)(F)F. The first kappa shape index (κ1) is 13.5. The topological polar surface area (TPSA) is 29.3 Å². The summed E-state index contributed by atoms with van der Waals surface area (Å²) in [7, 11) is 1.45. The Morgan fingerprint density at radius 2 is 2.12 bits per heavy atom. The molecule has 0 spiro atoms. The summed E-state index contributed by atoms with van der Waals surface area (Å²) < 4.78 is 38.2. The molecule has 0 saturated heterocycles. The van der Waals surface area contributed by atoms with Crippen molar-refractivity contribution in [2.75, 3.05) is 7.05 Å². The number of rotatable bonds is 4. The van der Waals surface area contributed by atoms with E-state index in [2.05, 4.69) is 0 Å². The highest BCUT2D eigenvalue weighted by atomic mass is 32.1. The van der Waals surface area contributed by atoms with Crippen LogP contribution in [0.3, 0.4) is 0 Å². The molecule has 0 aliphatic heterocycles. The molecular formula is C10H15F3N2S. The number of likely N-dealkylation sites (N-methyl/N-ethyl adjacent to an activating group) is 1. The molecule has 0 aliphatic rings. The Labute approximate surface area is 96.9 Å². The summed E-state index contributed by atoms with van der Waals surface area (Å²) in [6, 6.07) is 1.09. The molecule has 0 radical (unpaired) electrons. The smallest absolute Gasteiger partial charge is 0.326 e. The maximum Gasteiger partial charge on any atom is 0.405 e. The van der Waals surface area contributed by atoms with E-state index in [0.29, 0.717) is 0 Å². The lowest BCUT2D eigenvalue weighted by atomic mass is 10.1. The third kappa shape index (κ3) is 3.47. The lowest BCUT2D eigenvalue weighted by molar-refractivity contribution is -0.185. The summed E-state index contributed by atoms with van der Waals surface area (Å²) in [5, 5.41) is 1.84. The average molecular weight is 252 g/mol. The van der Waals surface area contributed by atoms with Gasteiger partial charge in [-0.25, -0.2) is 0 Å². The molecule has 0 aliphatic carbocycles. The van der Waals surface area contributed by atoms with Gasteiger partial charge in [-0.3, -0.25) is 4.90 Å². The quantitative estimate of drug-likeness (QED) is 0.892. The minimum atomic E-state index is -4.29. The van der Waals surface area contributed by atoms with Crippen molar-refractivity contribution in [3.63, 3.8) is 0 Å². The fourth-order valence-corrected chi connectivity index (χ4v) is 2.46. The van der Waals surface area contributed by atoms with E-state index in [1.807, 2.05) is 17.5 Å². The maximum atomic E-state index is 12.7. The van der Waals surface area contributed by atoms with Crippen molar-refractivity contribution in [2.45, 2.75) is 31.7 Å². The Kier molecular flexibility index (Phi) is 4.35. The normalized spacial score (nSPS) is 16.4. The Morgan fingerprint density at radius 1 is 1.50 bits per heavy atom. The minimum Gasteiger partial charge on any atom is -0.326 e. The largest absolute Gasteiger partial charge is 0.405 e. The van der Waals surface area contributed by atoms with E-state index in [9.17, 15) is 13.2 Å². The van der Waals surface area contributed by atoms with E-state index in [4.69, 9.17) is 5.73 Å². The highest BCUT2D eigenvalue weighted by Crippen LogP contribution is 2.27. The van der Waals surface area contributed by atoms with Crippen molar-refractivity contribution in [2.24, 2.45) is 5.73 Å². The second-order valence-electron chi connectivity index (χ2n) is 3.84. The van der Waals surface area contributed by atoms with Crippen LogP contribution in [0, 0.1) is 0 Å². The van der Waals surface area contributed by atoms with Crippen molar-refractivity contribution in [1.29, 1.82) is 0 Å². The van der Waals surface area contributed by atoms with Gasteiger partial charge in [-0.05, 0) is 25.4 Å². The molecule has 2 N–H and O–H groups in total. The van der Waals surface area contributed by atoms with Crippen LogP contribution in [0.2, 0.25) is 0 Å². The third-order valence-corrected chi connectivity index (χ3v) is 3.15. The highest BCUT2D eigenvalue weighted by Gasteiger charge is 2.44. The molecule has 1 aromatic heterocycles. The predicted octanol–water partition coefficient (Wildman–Crippen LogP) is 2.46. The zero-order chi connectivity index (χ0) is 12.3. The molecule has 1 heterocycles. The first-order valence-corrected chi connectivity index (χ1v) is 5.75. The number of hydrogen-bond donors (Lipinski definition) is 1. The summed E-state index contributed by atoms with van der Waals surface area (Å²) in [4.78, 5) is 2.15. The molecule has 0 bridgehead atoms. The third-order valence-electron chi connectivity index (χ3n) is 2.29.